The van der Waals surface area contributed by atoms with Crippen molar-refractivity contribution in [2.24, 2.45) is 0 Å². The zero-order chi connectivity index (χ0) is 21.7. The summed E-state index contributed by atoms with van der Waals surface area (Å²) in [5.74, 6) is -0.261. The first kappa shape index (κ1) is 23.0. The molecule has 0 amide bonds. The molecule has 2 heterocycles. The van der Waals surface area contributed by atoms with Gasteiger partial charge in [0.05, 0.1) is 28.6 Å². The van der Waals surface area contributed by atoms with E-state index in [1.165, 1.54) is 11.3 Å². The number of carbonyl (C=O) groups excluding carboxylic acids is 1. The monoisotopic (exact) mass is 468 g/mol. The van der Waals surface area contributed by atoms with Crippen LogP contribution in [-0.2, 0) is 24.1 Å². The number of hydrogen-bond acceptors (Lipinski definition) is 5. The lowest BCUT2D eigenvalue weighted by Crippen LogP contribution is -2.30. The Kier molecular flexibility index (Phi) is 8.13. The number of hydrogen-bond donors (Lipinski definition) is 2. The topological polar surface area (TPSA) is 68.2 Å². The van der Waals surface area contributed by atoms with Crippen molar-refractivity contribution in [1.29, 1.82) is 0 Å². The van der Waals surface area contributed by atoms with E-state index in [1.807, 2.05) is 25.5 Å². The van der Waals surface area contributed by atoms with Crippen molar-refractivity contribution in [3.63, 3.8) is 0 Å². The standard InChI is InChI=1S/C21H29ClN4O2S2/c1-4-28-20(27)17-15-9-6-5-7-10-16(15)30-19(17)24-21(29)23-11-8-12-26-14(3)18(22)13(2)25-26/h4-12H2,1-3H3,(H2,23,24,29). The third kappa shape index (κ3) is 5.34. The summed E-state index contributed by atoms with van der Waals surface area (Å²) in [6.45, 7) is 7.53. The molecule has 0 bridgehead atoms. The Bertz CT molecular complexity index is 923. The predicted molar refractivity (Wildman–Crippen MR) is 127 cm³/mol. The molecule has 0 aliphatic heterocycles. The number of thiophene rings is 1. The van der Waals surface area contributed by atoms with E-state index >= 15 is 0 Å². The first-order chi connectivity index (χ1) is 14.4. The number of halogens is 1. The van der Waals surface area contributed by atoms with Crippen molar-refractivity contribution in [3.8, 4) is 0 Å². The molecular weight excluding hydrogens is 440 g/mol. The maximum Gasteiger partial charge on any atom is 0.341 e. The fraction of sp³-hybridized carbons (Fsp3) is 0.571. The van der Waals surface area contributed by atoms with Crippen LogP contribution in [0.25, 0.3) is 0 Å². The van der Waals surface area contributed by atoms with Crippen LogP contribution in [0.5, 0.6) is 0 Å². The van der Waals surface area contributed by atoms with E-state index in [0.717, 1.165) is 65.6 Å². The Morgan fingerprint density at radius 3 is 2.77 bits per heavy atom. The molecule has 164 valence electrons. The lowest BCUT2D eigenvalue weighted by Gasteiger charge is -2.12. The van der Waals surface area contributed by atoms with Gasteiger partial charge in [-0.15, -0.1) is 11.3 Å². The zero-order valence-corrected chi connectivity index (χ0v) is 20.2. The molecule has 0 spiro atoms. The van der Waals surface area contributed by atoms with Crippen LogP contribution in [0.2, 0.25) is 5.02 Å². The molecular formula is C21H29ClN4O2S2. The summed E-state index contributed by atoms with van der Waals surface area (Å²) in [7, 11) is 0. The van der Waals surface area contributed by atoms with Crippen molar-refractivity contribution in [2.75, 3.05) is 18.5 Å². The molecule has 0 saturated carbocycles. The predicted octanol–water partition coefficient (Wildman–Crippen LogP) is 5.04. The van der Waals surface area contributed by atoms with Gasteiger partial charge in [0.2, 0.25) is 0 Å². The van der Waals surface area contributed by atoms with Gasteiger partial charge in [-0.1, -0.05) is 18.0 Å². The van der Waals surface area contributed by atoms with Crippen LogP contribution >= 0.6 is 35.2 Å². The number of anilines is 1. The summed E-state index contributed by atoms with van der Waals surface area (Å²) in [5, 5.41) is 13.0. The van der Waals surface area contributed by atoms with Gasteiger partial charge in [-0.2, -0.15) is 5.10 Å². The number of esters is 1. The van der Waals surface area contributed by atoms with Crippen molar-refractivity contribution in [3.05, 3.63) is 32.4 Å². The van der Waals surface area contributed by atoms with Crippen LogP contribution in [0, 0.1) is 13.8 Å². The number of nitrogens with one attached hydrogen (secondary N) is 2. The highest BCUT2D eigenvalue weighted by atomic mass is 35.5. The smallest absolute Gasteiger partial charge is 0.341 e. The van der Waals surface area contributed by atoms with Crippen molar-refractivity contribution in [1.82, 2.24) is 15.1 Å². The van der Waals surface area contributed by atoms with Crippen LogP contribution in [0.1, 0.15) is 64.8 Å². The number of carbonyl (C=O) groups is 1. The van der Waals surface area contributed by atoms with Crippen LogP contribution in [0.4, 0.5) is 5.00 Å². The largest absolute Gasteiger partial charge is 0.462 e. The second kappa shape index (κ2) is 10.6. The van der Waals surface area contributed by atoms with Gasteiger partial charge in [0.15, 0.2) is 5.11 Å². The summed E-state index contributed by atoms with van der Waals surface area (Å²) in [5.41, 5.74) is 3.64. The molecule has 1 aliphatic rings. The van der Waals surface area contributed by atoms with E-state index in [0.29, 0.717) is 23.8 Å². The summed E-state index contributed by atoms with van der Waals surface area (Å²) >= 11 is 13.3. The Balaban J connectivity index is 1.60. The van der Waals surface area contributed by atoms with Crippen LogP contribution in [0.15, 0.2) is 0 Å². The Labute approximate surface area is 192 Å². The van der Waals surface area contributed by atoms with Gasteiger partial charge >= 0.3 is 5.97 Å². The molecule has 2 aromatic heterocycles. The second-order valence-corrected chi connectivity index (χ2v) is 9.32. The number of nitrogens with zero attached hydrogens (tertiary/aromatic N) is 2. The quantitative estimate of drug-likeness (QED) is 0.257. The number of fused-ring (bicyclic) bond motifs is 1. The molecule has 0 fully saturated rings. The molecule has 2 N–H and O–H groups in total. The van der Waals surface area contributed by atoms with E-state index in [9.17, 15) is 4.79 Å². The van der Waals surface area contributed by atoms with Gasteiger partial charge in [0, 0.05) is 18.0 Å². The van der Waals surface area contributed by atoms with E-state index < -0.39 is 0 Å². The van der Waals surface area contributed by atoms with Crippen molar-refractivity contribution in [2.45, 2.75) is 65.8 Å². The van der Waals surface area contributed by atoms with Gasteiger partial charge in [-0.3, -0.25) is 4.68 Å². The fourth-order valence-electron chi connectivity index (χ4n) is 3.72. The SMILES string of the molecule is CCOC(=O)c1c(NC(=S)NCCCn2nc(C)c(Cl)c2C)sc2c1CCCCC2. The average molecular weight is 469 g/mol. The Hall–Kier alpha value is -1.64. The lowest BCUT2D eigenvalue weighted by molar-refractivity contribution is 0.0527. The summed E-state index contributed by atoms with van der Waals surface area (Å²) in [4.78, 5) is 13.9. The molecule has 1 aliphatic carbocycles. The van der Waals surface area contributed by atoms with Crippen molar-refractivity contribution < 1.29 is 9.53 Å². The summed E-state index contributed by atoms with van der Waals surface area (Å²) in [6.07, 6.45) is 6.26. The lowest BCUT2D eigenvalue weighted by atomic mass is 10.1. The van der Waals surface area contributed by atoms with E-state index in [-0.39, 0.29) is 5.97 Å². The normalized spacial score (nSPS) is 13.5. The minimum atomic E-state index is -0.261. The molecule has 0 radical (unpaired) electrons. The molecule has 2 aromatic rings. The fourth-order valence-corrected chi connectivity index (χ4v) is 5.41. The molecule has 0 aromatic carbocycles. The third-order valence-corrected chi connectivity index (χ3v) is 7.25. The third-order valence-electron chi connectivity index (χ3n) is 5.25. The number of aryl methyl sites for hydroxylation is 3. The highest BCUT2D eigenvalue weighted by Gasteiger charge is 2.26. The first-order valence-corrected chi connectivity index (χ1v) is 12.1. The van der Waals surface area contributed by atoms with Crippen LogP contribution < -0.4 is 10.6 Å². The van der Waals surface area contributed by atoms with Crippen molar-refractivity contribution >= 4 is 51.2 Å². The van der Waals surface area contributed by atoms with E-state index in [2.05, 4.69) is 15.7 Å². The summed E-state index contributed by atoms with van der Waals surface area (Å²) in [6, 6.07) is 0. The van der Waals surface area contributed by atoms with Gasteiger partial charge in [-0.05, 0) is 70.7 Å². The zero-order valence-electron chi connectivity index (χ0n) is 17.8. The number of rotatable bonds is 7. The molecule has 3 rings (SSSR count). The first-order valence-electron chi connectivity index (χ1n) is 10.5. The summed E-state index contributed by atoms with van der Waals surface area (Å²) < 4.78 is 7.25. The highest BCUT2D eigenvalue weighted by molar-refractivity contribution is 7.80. The second-order valence-electron chi connectivity index (χ2n) is 7.43. The molecule has 9 heteroatoms. The molecule has 30 heavy (non-hydrogen) atoms. The molecule has 0 unspecified atom stereocenters. The maximum atomic E-state index is 12.6. The van der Waals surface area contributed by atoms with E-state index in [4.69, 9.17) is 28.6 Å². The van der Waals surface area contributed by atoms with Crippen LogP contribution in [-0.4, -0.2) is 34.0 Å². The highest BCUT2D eigenvalue weighted by Crippen LogP contribution is 2.38. The van der Waals surface area contributed by atoms with Crippen LogP contribution in [0.3, 0.4) is 0 Å². The minimum absolute atomic E-state index is 0.261. The molecule has 6 nitrogen and oxygen atoms in total. The number of ether oxygens (including phenoxy) is 1. The van der Waals surface area contributed by atoms with Gasteiger partial charge < -0.3 is 15.4 Å². The minimum Gasteiger partial charge on any atom is -0.462 e. The Morgan fingerprint density at radius 1 is 1.30 bits per heavy atom. The van der Waals surface area contributed by atoms with E-state index in [1.54, 1.807) is 11.3 Å². The molecule has 0 saturated heterocycles. The molecule has 0 atom stereocenters. The number of thiocarbonyl (C=S) groups is 1. The van der Waals surface area contributed by atoms with Gasteiger partial charge in [-0.25, -0.2) is 4.79 Å². The van der Waals surface area contributed by atoms with Gasteiger partial charge in [0.25, 0.3) is 0 Å². The maximum absolute atomic E-state index is 12.6. The number of aromatic nitrogens is 2. The van der Waals surface area contributed by atoms with Gasteiger partial charge in [0.1, 0.15) is 5.00 Å². The average Bonchev–Trinajstić information content (AvgIpc) is 3.05. The Morgan fingerprint density at radius 2 is 2.07 bits per heavy atom.